The fourth-order valence-corrected chi connectivity index (χ4v) is 1.81. The molecule has 0 amide bonds. The van der Waals surface area contributed by atoms with Crippen LogP contribution in [0.2, 0.25) is 0 Å². The lowest BCUT2D eigenvalue weighted by molar-refractivity contribution is -0.0247. The molecule has 1 aliphatic heterocycles. The Morgan fingerprint density at radius 2 is 2.08 bits per heavy atom. The largest absolute Gasteiger partial charge is 0.372 e. The maximum absolute atomic E-state index is 5.92. The standard InChI is InChI=1S/C10H21NO/c1-9(2,11)7-8-5-6-10(3,4)12-8/h8H,5-7,11H2,1-4H3. The van der Waals surface area contributed by atoms with Gasteiger partial charge in [0.2, 0.25) is 0 Å². The zero-order valence-corrected chi connectivity index (χ0v) is 8.68. The van der Waals surface area contributed by atoms with E-state index in [-0.39, 0.29) is 11.1 Å². The molecule has 1 rings (SSSR count). The third-order valence-electron chi connectivity index (χ3n) is 2.31. The summed E-state index contributed by atoms with van der Waals surface area (Å²) in [7, 11) is 0. The summed E-state index contributed by atoms with van der Waals surface area (Å²) in [5.74, 6) is 0. The minimum Gasteiger partial charge on any atom is -0.372 e. The van der Waals surface area contributed by atoms with Crippen molar-refractivity contribution in [3.63, 3.8) is 0 Å². The normalized spacial score (nSPS) is 29.2. The fraction of sp³-hybridized carbons (Fsp3) is 1.00. The summed E-state index contributed by atoms with van der Waals surface area (Å²) >= 11 is 0. The zero-order valence-electron chi connectivity index (χ0n) is 8.68. The summed E-state index contributed by atoms with van der Waals surface area (Å²) in [6.45, 7) is 8.41. The molecule has 72 valence electrons. The zero-order chi connectivity index (χ0) is 9.41. The van der Waals surface area contributed by atoms with Gasteiger partial charge < -0.3 is 10.5 Å². The van der Waals surface area contributed by atoms with Gasteiger partial charge in [0.25, 0.3) is 0 Å². The molecule has 12 heavy (non-hydrogen) atoms. The SMILES string of the molecule is CC(C)(N)CC1CCC(C)(C)O1. The fourth-order valence-electron chi connectivity index (χ4n) is 1.81. The maximum Gasteiger partial charge on any atom is 0.0631 e. The first-order valence-corrected chi connectivity index (χ1v) is 4.75. The van der Waals surface area contributed by atoms with Gasteiger partial charge >= 0.3 is 0 Å². The Labute approximate surface area is 75.5 Å². The van der Waals surface area contributed by atoms with E-state index in [1.54, 1.807) is 0 Å². The van der Waals surface area contributed by atoms with E-state index in [2.05, 4.69) is 27.7 Å². The van der Waals surface area contributed by atoms with Gasteiger partial charge in [-0.1, -0.05) is 0 Å². The van der Waals surface area contributed by atoms with Crippen LogP contribution in [0.25, 0.3) is 0 Å². The van der Waals surface area contributed by atoms with Crippen molar-refractivity contribution in [3.8, 4) is 0 Å². The van der Waals surface area contributed by atoms with E-state index in [0.717, 1.165) is 19.3 Å². The van der Waals surface area contributed by atoms with Crippen LogP contribution in [0.5, 0.6) is 0 Å². The molecule has 0 aromatic carbocycles. The lowest BCUT2D eigenvalue weighted by Gasteiger charge is -2.25. The van der Waals surface area contributed by atoms with Crippen molar-refractivity contribution < 1.29 is 4.74 Å². The van der Waals surface area contributed by atoms with Crippen LogP contribution in [-0.2, 0) is 4.74 Å². The first kappa shape index (κ1) is 10.0. The van der Waals surface area contributed by atoms with E-state index in [4.69, 9.17) is 10.5 Å². The first-order chi connectivity index (χ1) is 5.29. The summed E-state index contributed by atoms with van der Waals surface area (Å²) < 4.78 is 5.84. The molecule has 0 radical (unpaired) electrons. The van der Waals surface area contributed by atoms with Crippen molar-refractivity contribution in [3.05, 3.63) is 0 Å². The van der Waals surface area contributed by atoms with E-state index in [0.29, 0.717) is 6.10 Å². The van der Waals surface area contributed by atoms with Gasteiger partial charge in [0.15, 0.2) is 0 Å². The van der Waals surface area contributed by atoms with E-state index >= 15 is 0 Å². The van der Waals surface area contributed by atoms with Gasteiger partial charge in [-0.2, -0.15) is 0 Å². The molecule has 0 aromatic heterocycles. The Morgan fingerprint density at radius 3 is 2.42 bits per heavy atom. The van der Waals surface area contributed by atoms with Crippen LogP contribution in [0.4, 0.5) is 0 Å². The van der Waals surface area contributed by atoms with Crippen LogP contribution in [0, 0.1) is 0 Å². The molecule has 2 nitrogen and oxygen atoms in total. The molecule has 2 N–H and O–H groups in total. The van der Waals surface area contributed by atoms with Crippen LogP contribution in [-0.4, -0.2) is 17.2 Å². The van der Waals surface area contributed by atoms with Crippen molar-refractivity contribution in [2.75, 3.05) is 0 Å². The Balaban J connectivity index is 2.39. The van der Waals surface area contributed by atoms with E-state index in [9.17, 15) is 0 Å². The topological polar surface area (TPSA) is 35.2 Å². The molecule has 0 bridgehead atoms. The van der Waals surface area contributed by atoms with Crippen LogP contribution in [0.15, 0.2) is 0 Å². The third-order valence-corrected chi connectivity index (χ3v) is 2.31. The second kappa shape index (κ2) is 3.00. The van der Waals surface area contributed by atoms with Gasteiger partial charge in [-0.25, -0.2) is 0 Å². The molecule has 0 saturated carbocycles. The highest BCUT2D eigenvalue weighted by atomic mass is 16.5. The Hall–Kier alpha value is -0.0800. The van der Waals surface area contributed by atoms with Crippen molar-refractivity contribution in [2.45, 2.75) is 64.2 Å². The van der Waals surface area contributed by atoms with Crippen molar-refractivity contribution in [2.24, 2.45) is 5.73 Å². The van der Waals surface area contributed by atoms with E-state index in [1.807, 2.05) is 0 Å². The molecule has 1 heterocycles. The van der Waals surface area contributed by atoms with E-state index < -0.39 is 0 Å². The van der Waals surface area contributed by atoms with E-state index in [1.165, 1.54) is 0 Å². The smallest absolute Gasteiger partial charge is 0.0631 e. The molecule has 1 aliphatic rings. The minimum absolute atomic E-state index is 0.0793. The van der Waals surface area contributed by atoms with Crippen LogP contribution in [0.1, 0.15) is 47.0 Å². The molecular weight excluding hydrogens is 150 g/mol. The van der Waals surface area contributed by atoms with Gasteiger partial charge in [0.1, 0.15) is 0 Å². The van der Waals surface area contributed by atoms with Crippen molar-refractivity contribution in [1.82, 2.24) is 0 Å². The average Bonchev–Trinajstić information content (AvgIpc) is 2.05. The quantitative estimate of drug-likeness (QED) is 0.690. The van der Waals surface area contributed by atoms with Crippen LogP contribution < -0.4 is 5.73 Å². The predicted octanol–water partition coefficient (Wildman–Crippen LogP) is 2.07. The van der Waals surface area contributed by atoms with Gasteiger partial charge in [0.05, 0.1) is 11.7 Å². The average molecular weight is 171 g/mol. The molecule has 1 fully saturated rings. The maximum atomic E-state index is 5.92. The Bertz CT molecular complexity index is 158. The molecule has 1 unspecified atom stereocenters. The van der Waals surface area contributed by atoms with Crippen LogP contribution >= 0.6 is 0 Å². The minimum atomic E-state index is -0.0922. The molecule has 0 aromatic rings. The molecule has 0 spiro atoms. The van der Waals surface area contributed by atoms with Crippen molar-refractivity contribution in [1.29, 1.82) is 0 Å². The number of rotatable bonds is 2. The molecule has 2 heteroatoms. The highest BCUT2D eigenvalue weighted by Crippen LogP contribution is 2.32. The van der Waals surface area contributed by atoms with Gasteiger partial charge in [-0.3, -0.25) is 0 Å². The summed E-state index contributed by atoms with van der Waals surface area (Å²) in [5, 5.41) is 0. The molecular formula is C10H21NO. The van der Waals surface area contributed by atoms with Gasteiger partial charge in [-0.15, -0.1) is 0 Å². The van der Waals surface area contributed by atoms with Crippen LogP contribution in [0.3, 0.4) is 0 Å². The van der Waals surface area contributed by atoms with Gasteiger partial charge in [-0.05, 0) is 47.0 Å². The molecule has 1 atom stereocenters. The summed E-state index contributed by atoms with van der Waals surface area (Å²) in [5.41, 5.74) is 5.91. The lowest BCUT2D eigenvalue weighted by atomic mass is 9.96. The number of hydrogen-bond donors (Lipinski definition) is 1. The van der Waals surface area contributed by atoms with Crippen molar-refractivity contribution >= 4 is 0 Å². The monoisotopic (exact) mass is 171 g/mol. The third kappa shape index (κ3) is 3.11. The number of ether oxygens (including phenoxy) is 1. The summed E-state index contributed by atoms with van der Waals surface area (Å²) in [6.07, 6.45) is 3.66. The summed E-state index contributed by atoms with van der Waals surface area (Å²) in [6, 6.07) is 0. The number of hydrogen-bond acceptors (Lipinski definition) is 2. The lowest BCUT2D eigenvalue weighted by Crippen LogP contribution is -2.36. The Kier molecular flexibility index (Phi) is 2.50. The number of nitrogens with two attached hydrogens (primary N) is 1. The second-order valence-corrected chi connectivity index (χ2v) is 5.23. The van der Waals surface area contributed by atoms with Gasteiger partial charge in [0, 0.05) is 5.54 Å². The molecule has 1 saturated heterocycles. The Morgan fingerprint density at radius 1 is 1.50 bits per heavy atom. The summed E-state index contributed by atoms with van der Waals surface area (Å²) in [4.78, 5) is 0. The second-order valence-electron chi connectivity index (χ2n) is 5.23. The highest BCUT2D eigenvalue weighted by Gasteiger charge is 2.33. The first-order valence-electron chi connectivity index (χ1n) is 4.75. The highest BCUT2D eigenvalue weighted by molar-refractivity contribution is 4.86. The molecule has 0 aliphatic carbocycles. The predicted molar refractivity (Wildman–Crippen MR) is 51.1 cm³/mol.